The molecule has 0 saturated carbocycles. The number of anilines is 1. The van der Waals surface area contributed by atoms with Crippen molar-refractivity contribution in [1.29, 1.82) is 0 Å². The highest BCUT2D eigenvalue weighted by atomic mass is 35.5. The molecule has 1 aromatic carbocycles. The molecule has 1 saturated heterocycles. The average molecular weight is 328 g/mol. The van der Waals surface area contributed by atoms with Gasteiger partial charge in [0, 0.05) is 36.9 Å². The minimum absolute atomic E-state index is 0.790. The third-order valence-corrected chi connectivity index (χ3v) is 4.28. The van der Waals surface area contributed by atoms with E-state index in [1.54, 1.807) is 0 Å². The summed E-state index contributed by atoms with van der Waals surface area (Å²) < 4.78 is 0. The summed E-state index contributed by atoms with van der Waals surface area (Å²) in [5, 5.41) is 5.01. The quantitative estimate of drug-likeness (QED) is 0.785. The van der Waals surface area contributed by atoms with Crippen LogP contribution in [0.25, 0.3) is 0 Å². The van der Waals surface area contributed by atoms with Crippen LogP contribution >= 0.6 is 23.8 Å². The van der Waals surface area contributed by atoms with Gasteiger partial charge in [0.2, 0.25) is 0 Å². The van der Waals surface area contributed by atoms with Gasteiger partial charge in [0.1, 0.15) is 0 Å². The number of hydrogen-bond acceptors (Lipinski definition) is 2. The fourth-order valence-electron chi connectivity index (χ4n) is 2.37. The standard InChI is InChI=1S/C15H23ClN4S/c1-18(2)7-6-17-15(21)20-10-8-19(9-11-20)14-5-3-4-13(16)12-14/h3-5,12H,6-11H2,1-2H3,(H,17,21)/p+1. The van der Waals surface area contributed by atoms with Gasteiger partial charge in [0.25, 0.3) is 0 Å². The van der Waals surface area contributed by atoms with E-state index in [0.29, 0.717) is 0 Å². The van der Waals surface area contributed by atoms with Gasteiger partial charge in [-0.15, -0.1) is 0 Å². The molecule has 0 aromatic heterocycles. The summed E-state index contributed by atoms with van der Waals surface area (Å²) in [6.45, 7) is 5.85. The molecule has 2 N–H and O–H groups in total. The van der Waals surface area contributed by atoms with Crippen LogP contribution in [0.1, 0.15) is 0 Å². The van der Waals surface area contributed by atoms with Crippen LogP contribution in [0, 0.1) is 0 Å². The fourth-order valence-corrected chi connectivity index (χ4v) is 2.84. The number of quaternary nitrogens is 1. The molecule has 4 nitrogen and oxygen atoms in total. The van der Waals surface area contributed by atoms with Gasteiger partial charge in [-0.1, -0.05) is 17.7 Å². The van der Waals surface area contributed by atoms with Gasteiger partial charge in [-0.25, -0.2) is 0 Å². The Morgan fingerprint density at radius 1 is 1.29 bits per heavy atom. The Labute approximate surface area is 137 Å². The topological polar surface area (TPSA) is 23.0 Å². The van der Waals surface area contributed by atoms with Gasteiger partial charge in [-0.3, -0.25) is 0 Å². The molecule has 0 spiro atoms. The van der Waals surface area contributed by atoms with Gasteiger partial charge in [0.15, 0.2) is 5.11 Å². The summed E-state index contributed by atoms with van der Waals surface area (Å²) >= 11 is 11.5. The third kappa shape index (κ3) is 5.02. The number of benzene rings is 1. The maximum absolute atomic E-state index is 6.06. The minimum atomic E-state index is 0.790. The molecule has 0 aliphatic carbocycles. The van der Waals surface area contributed by atoms with Crippen molar-refractivity contribution in [2.75, 3.05) is 58.3 Å². The lowest BCUT2D eigenvalue weighted by Gasteiger charge is -2.37. The third-order valence-electron chi connectivity index (χ3n) is 3.64. The van der Waals surface area contributed by atoms with E-state index in [4.69, 9.17) is 23.8 Å². The van der Waals surface area contributed by atoms with Gasteiger partial charge in [-0.2, -0.15) is 0 Å². The lowest BCUT2D eigenvalue weighted by molar-refractivity contribution is -0.856. The number of nitrogens with zero attached hydrogens (tertiary/aromatic N) is 2. The molecular formula is C15H24ClN4S+. The second-order valence-corrected chi connectivity index (χ2v) is 6.47. The van der Waals surface area contributed by atoms with Gasteiger partial charge in [-0.05, 0) is 30.4 Å². The molecule has 1 aliphatic rings. The number of likely N-dealkylation sites (N-methyl/N-ethyl adjacent to an activating group) is 1. The van der Waals surface area contributed by atoms with Crippen LogP contribution in [0.15, 0.2) is 24.3 Å². The molecule has 21 heavy (non-hydrogen) atoms. The van der Waals surface area contributed by atoms with E-state index in [9.17, 15) is 0 Å². The van der Waals surface area contributed by atoms with E-state index in [2.05, 4.69) is 35.3 Å². The van der Waals surface area contributed by atoms with Crippen LogP contribution in [0.3, 0.4) is 0 Å². The second kappa shape index (κ2) is 7.82. The largest absolute Gasteiger partial charge is 0.368 e. The lowest BCUT2D eigenvalue weighted by atomic mass is 10.2. The van der Waals surface area contributed by atoms with Crippen molar-refractivity contribution < 1.29 is 4.90 Å². The van der Waals surface area contributed by atoms with Gasteiger partial charge >= 0.3 is 0 Å². The first kappa shape index (κ1) is 16.3. The SMILES string of the molecule is C[NH+](C)CCNC(=S)N1CCN(c2cccc(Cl)c2)CC1. The number of halogens is 1. The van der Waals surface area contributed by atoms with Crippen LogP contribution < -0.4 is 15.1 Å². The first-order valence-corrected chi connectivity index (χ1v) is 8.17. The zero-order chi connectivity index (χ0) is 15.2. The van der Waals surface area contributed by atoms with Crippen molar-refractivity contribution in [3.8, 4) is 0 Å². The molecule has 0 amide bonds. The fraction of sp³-hybridized carbons (Fsp3) is 0.533. The van der Waals surface area contributed by atoms with E-state index in [1.807, 2.05) is 18.2 Å². The number of hydrogen-bond donors (Lipinski definition) is 2. The zero-order valence-corrected chi connectivity index (χ0v) is 14.3. The zero-order valence-electron chi connectivity index (χ0n) is 12.7. The van der Waals surface area contributed by atoms with Crippen molar-refractivity contribution in [3.05, 3.63) is 29.3 Å². The number of piperazine rings is 1. The van der Waals surface area contributed by atoms with E-state index in [0.717, 1.165) is 49.4 Å². The predicted octanol–water partition coefficient (Wildman–Crippen LogP) is 0.481. The van der Waals surface area contributed by atoms with Crippen molar-refractivity contribution in [2.45, 2.75) is 0 Å². The summed E-state index contributed by atoms with van der Waals surface area (Å²) in [5.74, 6) is 0. The maximum Gasteiger partial charge on any atom is 0.169 e. The summed E-state index contributed by atoms with van der Waals surface area (Å²) in [6, 6.07) is 8.04. The van der Waals surface area contributed by atoms with E-state index < -0.39 is 0 Å². The Bertz CT molecular complexity index is 472. The molecule has 0 unspecified atom stereocenters. The highest BCUT2D eigenvalue weighted by Gasteiger charge is 2.19. The smallest absolute Gasteiger partial charge is 0.169 e. The normalized spacial score (nSPS) is 15.4. The Kier molecular flexibility index (Phi) is 6.08. The van der Waals surface area contributed by atoms with Crippen molar-refractivity contribution >= 4 is 34.6 Å². The van der Waals surface area contributed by atoms with Crippen molar-refractivity contribution in [3.63, 3.8) is 0 Å². The van der Waals surface area contributed by atoms with Crippen LogP contribution in [0.5, 0.6) is 0 Å². The number of nitrogens with one attached hydrogen (secondary N) is 2. The number of thiocarbonyl (C=S) groups is 1. The highest BCUT2D eigenvalue weighted by molar-refractivity contribution is 7.80. The first-order valence-electron chi connectivity index (χ1n) is 7.38. The molecule has 116 valence electrons. The summed E-state index contributed by atoms with van der Waals surface area (Å²) in [5.41, 5.74) is 1.19. The molecule has 1 heterocycles. The number of rotatable bonds is 4. The first-order chi connectivity index (χ1) is 10.1. The molecule has 0 atom stereocenters. The van der Waals surface area contributed by atoms with Crippen LogP contribution in [-0.4, -0.2) is 63.4 Å². The summed E-state index contributed by atoms with van der Waals surface area (Å²) in [7, 11) is 4.29. The highest BCUT2D eigenvalue weighted by Crippen LogP contribution is 2.20. The predicted molar refractivity (Wildman–Crippen MR) is 93.5 cm³/mol. The van der Waals surface area contributed by atoms with Gasteiger partial charge in [0.05, 0.1) is 27.2 Å². The van der Waals surface area contributed by atoms with Crippen molar-refractivity contribution in [1.82, 2.24) is 10.2 Å². The molecule has 6 heteroatoms. The van der Waals surface area contributed by atoms with E-state index in [1.165, 1.54) is 10.6 Å². The van der Waals surface area contributed by atoms with Crippen LogP contribution in [0.4, 0.5) is 5.69 Å². The lowest BCUT2D eigenvalue weighted by Crippen LogP contribution is -3.06. The van der Waals surface area contributed by atoms with Crippen LogP contribution in [0.2, 0.25) is 5.02 Å². The Morgan fingerprint density at radius 2 is 2.00 bits per heavy atom. The van der Waals surface area contributed by atoms with E-state index >= 15 is 0 Å². The van der Waals surface area contributed by atoms with E-state index in [-0.39, 0.29) is 0 Å². The molecule has 1 aromatic rings. The average Bonchev–Trinajstić information content (AvgIpc) is 2.47. The Balaban J connectivity index is 1.79. The summed E-state index contributed by atoms with van der Waals surface area (Å²) in [4.78, 5) is 6.03. The molecule has 0 bridgehead atoms. The Morgan fingerprint density at radius 3 is 2.62 bits per heavy atom. The van der Waals surface area contributed by atoms with Gasteiger partial charge < -0.3 is 20.0 Å². The second-order valence-electron chi connectivity index (χ2n) is 5.64. The monoisotopic (exact) mass is 327 g/mol. The Hall–Kier alpha value is -1.04. The molecular weight excluding hydrogens is 304 g/mol. The molecule has 2 rings (SSSR count). The maximum atomic E-state index is 6.06. The minimum Gasteiger partial charge on any atom is -0.368 e. The molecule has 1 aliphatic heterocycles. The molecule has 0 radical (unpaired) electrons. The van der Waals surface area contributed by atoms with Crippen LogP contribution in [-0.2, 0) is 0 Å². The summed E-state index contributed by atoms with van der Waals surface area (Å²) in [6.07, 6.45) is 0. The van der Waals surface area contributed by atoms with Crippen molar-refractivity contribution in [2.24, 2.45) is 0 Å². The molecule has 1 fully saturated rings.